The van der Waals surface area contributed by atoms with Gasteiger partial charge in [0.1, 0.15) is 0 Å². The first-order valence-electron chi connectivity index (χ1n) is 7.30. The highest BCUT2D eigenvalue weighted by molar-refractivity contribution is 5.80. The first-order chi connectivity index (χ1) is 9.22. The third kappa shape index (κ3) is 7.50. The molecule has 19 heavy (non-hydrogen) atoms. The molecule has 0 radical (unpaired) electrons. The van der Waals surface area contributed by atoms with Crippen molar-refractivity contribution in [1.82, 2.24) is 5.32 Å². The Balaban J connectivity index is 2.13. The van der Waals surface area contributed by atoms with Crippen molar-refractivity contribution in [1.29, 1.82) is 0 Å². The van der Waals surface area contributed by atoms with E-state index in [1.165, 1.54) is 25.7 Å². The predicted molar refractivity (Wildman–Crippen MR) is 81.3 cm³/mol. The molecule has 0 bridgehead atoms. The molecule has 1 rings (SSSR count). The van der Waals surface area contributed by atoms with Crippen molar-refractivity contribution in [2.24, 2.45) is 0 Å². The predicted octanol–water partition coefficient (Wildman–Crippen LogP) is 3.57. The third-order valence-corrected chi connectivity index (χ3v) is 3.12. The van der Waals surface area contributed by atoms with Crippen LogP contribution in [0.25, 0.3) is 0 Å². The molecule has 0 aliphatic rings. The van der Waals surface area contributed by atoms with E-state index in [-0.39, 0.29) is 11.9 Å². The van der Waals surface area contributed by atoms with Crippen LogP contribution in [0, 0.1) is 0 Å². The average Bonchev–Trinajstić information content (AvgIpc) is 2.42. The number of nitrogens with one attached hydrogen (secondary N) is 2. The van der Waals surface area contributed by atoms with Gasteiger partial charge in [-0.2, -0.15) is 0 Å². The van der Waals surface area contributed by atoms with Crippen LogP contribution in [0.3, 0.4) is 0 Å². The van der Waals surface area contributed by atoms with Crippen LogP contribution in [0.1, 0.15) is 46.0 Å². The van der Waals surface area contributed by atoms with E-state index in [0.717, 1.165) is 12.1 Å². The van der Waals surface area contributed by atoms with Crippen LogP contribution in [0.4, 0.5) is 5.69 Å². The Hall–Kier alpha value is -1.51. The Bertz CT molecular complexity index is 351. The Morgan fingerprint density at radius 3 is 2.58 bits per heavy atom. The van der Waals surface area contributed by atoms with Crippen molar-refractivity contribution in [3.63, 3.8) is 0 Å². The van der Waals surface area contributed by atoms with Crippen molar-refractivity contribution >= 4 is 11.6 Å². The van der Waals surface area contributed by atoms with Crippen LogP contribution in [-0.2, 0) is 4.79 Å². The van der Waals surface area contributed by atoms with Gasteiger partial charge in [0.2, 0.25) is 5.91 Å². The van der Waals surface area contributed by atoms with Crippen molar-refractivity contribution in [2.75, 3.05) is 11.9 Å². The quantitative estimate of drug-likeness (QED) is 0.668. The van der Waals surface area contributed by atoms with E-state index in [1.807, 2.05) is 30.3 Å². The number of para-hydroxylation sites is 1. The number of carbonyl (C=O) groups is 1. The second kappa shape index (κ2) is 9.42. The Kier molecular flexibility index (Phi) is 7.71. The van der Waals surface area contributed by atoms with E-state index in [1.54, 1.807) is 0 Å². The fraction of sp³-hybridized carbons (Fsp3) is 0.562. The Labute approximate surface area is 116 Å². The topological polar surface area (TPSA) is 41.1 Å². The molecule has 0 aliphatic carbocycles. The molecule has 3 nitrogen and oxygen atoms in total. The highest BCUT2D eigenvalue weighted by Gasteiger charge is 2.06. The monoisotopic (exact) mass is 262 g/mol. The summed E-state index contributed by atoms with van der Waals surface area (Å²) in [6.07, 6.45) is 6.06. The molecule has 1 aromatic carbocycles. The molecular formula is C16H26N2O. The highest BCUT2D eigenvalue weighted by Crippen LogP contribution is 2.06. The lowest BCUT2D eigenvalue weighted by Gasteiger charge is -2.14. The summed E-state index contributed by atoms with van der Waals surface area (Å²) in [7, 11) is 0. The third-order valence-electron chi connectivity index (χ3n) is 3.12. The zero-order valence-electron chi connectivity index (χ0n) is 12.1. The summed E-state index contributed by atoms with van der Waals surface area (Å²) in [5.74, 6) is 0.0619. The fourth-order valence-electron chi connectivity index (χ4n) is 2.01. The number of hydrogen-bond donors (Lipinski definition) is 2. The maximum Gasteiger partial charge on any atom is 0.239 e. The van der Waals surface area contributed by atoms with Crippen molar-refractivity contribution in [3.8, 4) is 0 Å². The smallest absolute Gasteiger partial charge is 0.239 e. The maximum atomic E-state index is 11.7. The second-order valence-electron chi connectivity index (χ2n) is 5.04. The Morgan fingerprint density at radius 1 is 1.16 bits per heavy atom. The van der Waals surface area contributed by atoms with Crippen LogP contribution < -0.4 is 10.6 Å². The summed E-state index contributed by atoms with van der Waals surface area (Å²) < 4.78 is 0. The molecule has 0 saturated carbocycles. The van der Waals surface area contributed by atoms with Gasteiger partial charge in [0.15, 0.2) is 0 Å². The Morgan fingerprint density at radius 2 is 1.89 bits per heavy atom. The minimum absolute atomic E-state index is 0.0619. The summed E-state index contributed by atoms with van der Waals surface area (Å²) in [6, 6.07) is 10.1. The number of anilines is 1. The lowest BCUT2D eigenvalue weighted by Crippen LogP contribution is -2.36. The van der Waals surface area contributed by atoms with Gasteiger partial charge in [0.05, 0.1) is 6.54 Å². The van der Waals surface area contributed by atoms with Crippen LogP contribution in [0.5, 0.6) is 0 Å². The molecule has 0 aliphatic heterocycles. The molecular weight excluding hydrogens is 236 g/mol. The molecule has 3 heteroatoms. The molecule has 0 aromatic heterocycles. The lowest BCUT2D eigenvalue weighted by molar-refractivity contribution is -0.120. The molecule has 1 amide bonds. The molecule has 0 saturated heterocycles. The van der Waals surface area contributed by atoms with Crippen molar-refractivity contribution < 1.29 is 4.79 Å². The largest absolute Gasteiger partial charge is 0.376 e. The average molecular weight is 262 g/mol. The van der Waals surface area contributed by atoms with Gasteiger partial charge >= 0.3 is 0 Å². The molecule has 0 heterocycles. The summed E-state index contributed by atoms with van der Waals surface area (Å²) in [6.45, 7) is 4.62. The molecule has 1 aromatic rings. The highest BCUT2D eigenvalue weighted by atomic mass is 16.1. The van der Waals surface area contributed by atoms with Crippen molar-refractivity contribution in [3.05, 3.63) is 30.3 Å². The molecule has 0 fully saturated rings. The lowest BCUT2D eigenvalue weighted by atomic mass is 10.1. The number of carbonyl (C=O) groups excluding carboxylic acids is 1. The number of amides is 1. The van der Waals surface area contributed by atoms with Gasteiger partial charge in [0, 0.05) is 11.7 Å². The van der Waals surface area contributed by atoms with Gasteiger partial charge in [-0.1, -0.05) is 50.8 Å². The fourth-order valence-corrected chi connectivity index (χ4v) is 2.01. The van der Waals surface area contributed by atoms with E-state index in [4.69, 9.17) is 0 Å². The number of rotatable bonds is 9. The molecule has 1 atom stereocenters. The zero-order valence-corrected chi connectivity index (χ0v) is 12.1. The summed E-state index contributed by atoms with van der Waals surface area (Å²) in [5.41, 5.74) is 0.980. The molecule has 1 unspecified atom stereocenters. The molecule has 2 N–H and O–H groups in total. The van der Waals surface area contributed by atoms with Crippen LogP contribution >= 0.6 is 0 Å². The second-order valence-corrected chi connectivity index (χ2v) is 5.04. The van der Waals surface area contributed by atoms with E-state index >= 15 is 0 Å². The van der Waals surface area contributed by atoms with Gasteiger partial charge in [-0.05, 0) is 25.5 Å². The van der Waals surface area contributed by atoms with Gasteiger partial charge in [-0.15, -0.1) is 0 Å². The number of hydrogen-bond acceptors (Lipinski definition) is 2. The number of unbranched alkanes of at least 4 members (excludes halogenated alkanes) is 3. The minimum Gasteiger partial charge on any atom is -0.376 e. The standard InChI is InChI=1S/C16H26N2O/c1-3-4-5-7-10-14(2)18-16(19)13-17-15-11-8-6-9-12-15/h6,8-9,11-12,14,17H,3-5,7,10,13H2,1-2H3,(H,18,19). The van der Waals surface area contributed by atoms with Gasteiger partial charge in [-0.3, -0.25) is 4.79 Å². The van der Waals surface area contributed by atoms with Gasteiger partial charge < -0.3 is 10.6 Å². The van der Waals surface area contributed by atoms with Gasteiger partial charge in [-0.25, -0.2) is 0 Å². The van der Waals surface area contributed by atoms with E-state index in [0.29, 0.717) is 6.54 Å². The van der Waals surface area contributed by atoms with E-state index in [2.05, 4.69) is 24.5 Å². The maximum absolute atomic E-state index is 11.7. The molecule has 106 valence electrons. The first-order valence-corrected chi connectivity index (χ1v) is 7.30. The molecule has 0 spiro atoms. The summed E-state index contributed by atoms with van der Waals surface area (Å²) in [5, 5.41) is 6.14. The summed E-state index contributed by atoms with van der Waals surface area (Å²) >= 11 is 0. The van der Waals surface area contributed by atoms with Crippen molar-refractivity contribution in [2.45, 2.75) is 52.0 Å². The minimum atomic E-state index is 0.0619. The van der Waals surface area contributed by atoms with E-state index < -0.39 is 0 Å². The van der Waals surface area contributed by atoms with Crippen LogP contribution in [0.15, 0.2) is 30.3 Å². The van der Waals surface area contributed by atoms with E-state index in [9.17, 15) is 4.79 Å². The van der Waals surface area contributed by atoms with Crippen LogP contribution in [0.2, 0.25) is 0 Å². The van der Waals surface area contributed by atoms with Crippen LogP contribution in [-0.4, -0.2) is 18.5 Å². The summed E-state index contributed by atoms with van der Waals surface area (Å²) in [4.78, 5) is 11.7. The number of benzene rings is 1. The normalized spacial score (nSPS) is 11.9. The van der Waals surface area contributed by atoms with Gasteiger partial charge in [0.25, 0.3) is 0 Å². The first kappa shape index (κ1) is 15.5. The SMILES string of the molecule is CCCCCCC(C)NC(=O)CNc1ccccc1. The zero-order chi connectivity index (χ0) is 13.9.